The fourth-order valence-electron chi connectivity index (χ4n) is 3.31. The minimum absolute atomic E-state index is 0.203. The zero-order chi connectivity index (χ0) is 15.2. The zero-order valence-electron chi connectivity index (χ0n) is 12.8. The molecule has 118 valence electrons. The highest BCUT2D eigenvalue weighted by Crippen LogP contribution is 2.25. The number of aliphatic hydroxyl groups excluding tert-OH is 1. The third-order valence-electron chi connectivity index (χ3n) is 4.56. The Balaban J connectivity index is 1.91. The summed E-state index contributed by atoms with van der Waals surface area (Å²) in [4.78, 5) is 2.41. The Morgan fingerprint density at radius 3 is 2.90 bits per heavy atom. The molecule has 3 unspecified atom stereocenters. The van der Waals surface area contributed by atoms with Crippen LogP contribution in [0.3, 0.4) is 0 Å². The van der Waals surface area contributed by atoms with E-state index in [-0.39, 0.29) is 24.4 Å². The van der Waals surface area contributed by atoms with E-state index in [4.69, 9.17) is 10.8 Å². The van der Waals surface area contributed by atoms with E-state index in [9.17, 15) is 4.39 Å². The van der Waals surface area contributed by atoms with Crippen molar-refractivity contribution < 1.29 is 9.50 Å². The van der Waals surface area contributed by atoms with Gasteiger partial charge in [-0.2, -0.15) is 0 Å². The van der Waals surface area contributed by atoms with E-state index in [0.717, 1.165) is 26.1 Å². The molecule has 1 heterocycles. The average Bonchev–Trinajstić information content (AvgIpc) is 2.48. The van der Waals surface area contributed by atoms with E-state index >= 15 is 0 Å². The lowest BCUT2D eigenvalue weighted by Gasteiger charge is -2.35. The van der Waals surface area contributed by atoms with E-state index in [1.165, 1.54) is 18.9 Å². The molecule has 1 aliphatic heterocycles. The number of rotatable bonds is 6. The van der Waals surface area contributed by atoms with Crippen LogP contribution in [0.1, 0.15) is 37.8 Å². The number of benzene rings is 1. The van der Waals surface area contributed by atoms with Crippen molar-refractivity contribution in [1.29, 1.82) is 0 Å². The van der Waals surface area contributed by atoms with Crippen LogP contribution < -0.4 is 5.73 Å². The topological polar surface area (TPSA) is 49.5 Å². The number of likely N-dealkylation sites (tertiary alicyclic amines) is 1. The van der Waals surface area contributed by atoms with Gasteiger partial charge in [-0.1, -0.05) is 25.1 Å². The van der Waals surface area contributed by atoms with Crippen LogP contribution in [-0.4, -0.2) is 36.2 Å². The molecule has 1 aromatic carbocycles. The van der Waals surface area contributed by atoms with E-state index in [1.54, 1.807) is 12.1 Å². The second-order valence-corrected chi connectivity index (χ2v) is 6.30. The van der Waals surface area contributed by atoms with Gasteiger partial charge >= 0.3 is 0 Å². The largest absolute Gasteiger partial charge is 0.396 e. The molecule has 21 heavy (non-hydrogen) atoms. The standard InChI is InChI=1S/C17H27FN2O/c1-13(17(19)15-6-2-3-7-16(15)18)11-20-9-4-5-14(12-20)8-10-21/h2-3,6-7,13-14,17,21H,4-5,8-12,19H2,1H3. The number of nitrogens with two attached hydrogens (primary N) is 1. The summed E-state index contributed by atoms with van der Waals surface area (Å²) >= 11 is 0. The van der Waals surface area contributed by atoms with Gasteiger partial charge in [0.25, 0.3) is 0 Å². The van der Waals surface area contributed by atoms with Crippen LogP contribution in [0.15, 0.2) is 24.3 Å². The maximum atomic E-state index is 13.8. The summed E-state index contributed by atoms with van der Waals surface area (Å²) in [7, 11) is 0. The van der Waals surface area contributed by atoms with Crippen LogP contribution in [0.4, 0.5) is 4.39 Å². The van der Waals surface area contributed by atoms with Crippen molar-refractivity contribution in [3.63, 3.8) is 0 Å². The molecule has 3 atom stereocenters. The number of aliphatic hydroxyl groups is 1. The fourth-order valence-corrected chi connectivity index (χ4v) is 3.31. The SMILES string of the molecule is CC(CN1CCCC(CCO)C1)C(N)c1ccccc1F. The van der Waals surface area contributed by atoms with Crippen LogP contribution in [0.5, 0.6) is 0 Å². The Labute approximate surface area is 126 Å². The lowest BCUT2D eigenvalue weighted by molar-refractivity contribution is 0.128. The van der Waals surface area contributed by atoms with Crippen molar-refractivity contribution in [1.82, 2.24) is 4.90 Å². The van der Waals surface area contributed by atoms with Gasteiger partial charge in [0.2, 0.25) is 0 Å². The number of piperidine rings is 1. The average molecular weight is 294 g/mol. The van der Waals surface area contributed by atoms with Crippen LogP contribution in [0, 0.1) is 17.7 Å². The first-order chi connectivity index (χ1) is 10.1. The highest BCUT2D eigenvalue weighted by molar-refractivity contribution is 5.21. The lowest BCUT2D eigenvalue weighted by Crippen LogP contribution is -2.40. The summed E-state index contributed by atoms with van der Waals surface area (Å²) < 4.78 is 13.8. The maximum absolute atomic E-state index is 13.8. The van der Waals surface area contributed by atoms with Crippen molar-refractivity contribution in [3.05, 3.63) is 35.6 Å². The van der Waals surface area contributed by atoms with Gasteiger partial charge in [0, 0.05) is 31.3 Å². The van der Waals surface area contributed by atoms with E-state index in [0.29, 0.717) is 11.5 Å². The van der Waals surface area contributed by atoms with Crippen molar-refractivity contribution in [2.75, 3.05) is 26.2 Å². The molecule has 3 N–H and O–H groups in total. The molecule has 1 fully saturated rings. The highest BCUT2D eigenvalue weighted by atomic mass is 19.1. The van der Waals surface area contributed by atoms with Crippen LogP contribution >= 0.6 is 0 Å². The summed E-state index contributed by atoms with van der Waals surface area (Å²) in [6.07, 6.45) is 3.25. The van der Waals surface area contributed by atoms with E-state index < -0.39 is 0 Å². The molecule has 2 rings (SSSR count). The Morgan fingerprint density at radius 1 is 1.43 bits per heavy atom. The third kappa shape index (κ3) is 4.50. The predicted octanol–water partition coefficient (Wildman–Crippen LogP) is 2.56. The monoisotopic (exact) mass is 294 g/mol. The minimum Gasteiger partial charge on any atom is -0.396 e. The molecule has 0 bridgehead atoms. The number of halogens is 1. The quantitative estimate of drug-likeness (QED) is 0.848. The lowest BCUT2D eigenvalue weighted by atomic mass is 9.91. The molecule has 0 radical (unpaired) electrons. The summed E-state index contributed by atoms with van der Waals surface area (Å²) in [5.74, 6) is 0.573. The van der Waals surface area contributed by atoms with Gasteiger partial charge in [-0.05, 0) is 43.7 Å². The molecule has 0 aromatic heterocycles. The molecule has 4 heteroatoms. The Morgan fingerprint density at radius 2 is 2.19 bits per heavy atom. The Kier molecular flexibility index (Phi) is 6.15. The molecule has 0 amide bonds. The Bertz CT molecular complexity index is 439. The fraction of sp³-hybridized carbons (Fsp3) is 0.647. The summed E-state index contributed by atoms with van der Waals surface area (Å²) in [6, 6.07) is 6.51. The first-order valence-electron chi connectivity index (χ1n) is 7.95. The normalized spacial score (nSPS) is 23.0. The zero-order valence-corrected chi connectivity index (χ0v) is 12.8. The molecule has 1 saturated heterocycles. The molecule has 3 nitrogen and oxygen atoms in total. The molecule has 0 aliphatic carbocycles. The van der Waals surface area contributed by atoms with Crippen molar-refractivity contribution in [2.45, 2.75) is 32.2 Å². The van der Waals surface area contributed by atoms with Crippen LogP contribution in [-0.2, 0) is 0 Å². The maximum Gasteiger partial charge on any atom is 0.127 e. The van der Waals surface area contributed by atoms with Crippen molar-refractivity contribution in [2.24, 2.45) is 17.6 Å². The second-order valence-electron chi connectivity index (χ2n) is 6.30. The Hall–Kier alpha value is -0.970. The van der Waals surface area contributed by atoms with Gasteiger partial charge in [0.05, 0.1) is 0 Å². The molecule has 1 aliphatic rings. The van der Waals surface area contributed by atoms with Crippen molar-refractivity contribution >= 4 is 0 Å². The van der Waals surface area contributed by atoms with Crippen LogP contribution in [0.2, 0.25) is 0 Å². The third-order valence-corrected chi connectivity index (χ3v) is 4.56. The molecule has 1 aromatic rings. The minimum atomic E-state index is -0.274. The number of nitrogens with zero attached hydrogens (tertiary/aromatic N) is 1. The summed E-state index contributed by atoms with van der Waals surface area (Å²) in [5.41, 5.74) is 6.85. The number of hydrogen-bond acceptors (Lipinski definition) is 3. The summed E-state index contributed by atoms with van der Waals surface area (Å²) in [6.45, 7) is 5.35. The van der Waals surface area contributed by atoms with Gasteiger partial charge in [0.1, 0.15) is 5.82 Å². The van der Waals surface area contributed by atoms with Gasteiger partial charge in [-0.25, -0.2) is 4.39 Å². The first-order valence-corrected chi connectivity index (χ1v) is 7.95. The number of hydrogen-bond donors (Lipinski definition) is 2. The second kappa shape index (κ2) is 7.87. The predicted molar refractivity (Wildman–Crippen MR) is 83.4 cm³/mol. The molecular formula is C17H27FN2O. The smallest absolute Gasteiger partial charge is 0.127 e. The van der Waals surface area contributed by atoms with Gasteiger partial charge < -0.3 is 15.7 Å². The van der Waals surface area contributed by atoms with E-state index in [2.05, 4.69) is 11.8 Å². The van der Waals surface area contributed by atoms with E-state index in [1.807, 2.05) is 6.07 Å². The summed E-state index contributed by atoms with van der Waals surface area (Å²) in [5, 5.41) is 9.07. The van der Waals surface area contributed by atoms with Gasteiger partial charge in [0.15, 0.2) is 0 Å². The molecule has 0 saturated carbocycles. The molecule has 0 spiro atoms. The first kappa shape index (κ1) is 16.4. The van der Waals surface area contributed by atoms with Gasteiger partial charge in [-0.15, -0.1) is 0 Å². The van der Waals surface area contributed by atoms with Crippen LogP contribution in [0.25, 0.3) is 0 Å². The van der Waals surface area contributed by atoms with Crippen molar-refractivity contribution in [3.8, 4) is 0 Å². The highest BCUT2D eigenvalue weighted by Gasteiger charge is 2.24. The molecular weight excluding hydrogens is 267 g/mol. The van der Waals surface area contributed by atoms with Gasteiger partial charge in [-0.3, -0.25) is 0 Å².